The van der Waals surface area contributed by atoms with E-state index < -0.39 is 22.4 Å². The van der Waals surface area contributed by atoms with E-state index in [2.05, 4.69) is 23.7 Å². The quantitative estimate of drug-likeness (QED) is 0.268. The number of hydrogen-bond acceptors (Lipinski definition) is 4. The van der Waals surface area contributed by atoms with Crippen LogP contribution in [0.4, 0.5) is 0 Å². The van der Waals surface area contributed by atoms with Crippen molar-refractivity contribution < 1.29 is 20.4 Å². The minimum atomic E-state index is -1.59. The predicted molar refractivity (Wildman–Crippen MR) is 153 cm³/mol. The monoisotopic (exact) mass is 520 g/mol. The topological polar surface area (TPSA) is 80.9 Å². The molecule has 0 aliphatic heterocycles. The first-order valence-corrected chi connectivity index (χ1v) is 12.4. The molecule has 4 heteroatoms. The molecule has 0 atom stereocenters. The van der Waals surface area contributed by atoms with Gasteiger partial charge in [0.05, 0.1) is 0 Å². The molecule has 2 aliphatic carbocycles. The third kappa shape index (κ3) is 3.44. The molecule has 4 aromatic carbocycles. The maximum atomic E-state index is 10.9. The van der Waals surface area contributed by atoms with E-state index in [9.17, 15) is 20.4 Å². The number of aliphatic hydroxyl groups is 4. The second-order valence-electron chi connectivity index (χ2n) is 9.60. The molecule has 6 rings (SSSR count). The molecule has 0 saturated heterocycles. The molecule has 4 nitrogen and oxygen atoms in total. The molecule has 2 aliphatic rings. The summed E-state index contributed by atoms with van der Waals surface area (Å²) in [5.41, 5.74) is -2.78. The van der Waals surface area contributed by atoms with Gasteiger partial charge < -0.3 is 20.4 Å². The molecule has 0 aromatic heterocycles. The average Bonchev–Trinajstić information content (AvgIpc) is 3.03. The second kappa shape index (κ2) is 9.31. The molecular weight excluding hydrogens is 496 g/mol. The summed E-state index contributed by atoms with van der Waals surface area (Å²) in [5, 5.41) is 43.6. The summed E-state index contributed by atoms with van der Waals surface area (Å²) in [6.45, 7) is 0. The molecule has 0 heterocycles. The molecule has 4 aromatic rings. The minimum absolute atomic E-state index is 0.446. The van der Waals surface area contributed by atoms with Crippen molar-refractivity contribution in [1.82, 2.24) is 0 Å². The van der Waals surface area contributed by atoms with Crippen LogP contribution in [0.2, 0.25) is 0 Å². The van der Waals surface area contributed by atoms with Gasteiger partial charge in [0.25, 0.3) is 0 Å². The van der Waals surface area contributed by atoms with E-state index >= 15 is 0 Å². The number of terminal acetylenes is 4. The first-order chi connectivity index (χ1) is 19.2. The van der Waals surface area contributed by atoms with Crippen molar-refractivity contribution in [3.8, 4) is 49.4 Å². The van der Waals surface area contributed by atoms with Crippen molar-refractivity contribution in [2.75, 3.05) is 0 Å². The van der Waals surface area contributed by atoms with Crippen molar-refractivity contribution >= 4 is 0 Å². The van der Waals surface area contributed by atoms with Gasteiger partial charge in [0, 0.05) is 44.5 Å². The summed E-state index contributed by atoms with van der Waals surface area (Å²) in [6, 6.07) is 27.6. The zero-order valence-corrected chi connectivity index (χ0v) is 21.3. The third-order valence-corrected chi connectivity index (χ3v) is 7.66. The lowest BCUT2D eigenvalue weighted by atomic mass is 9.68. The Morgan fingerprint density at radius 2 is 0.450 bits per heavy atom. The zero-order valence-electron chi connectivity index (χ0n) is 21.3. The van der Waals surface area contributed by atoms with Gasteiger partial charge in [0.1, 0.15) is 0 Å². The molecule has 0 spiro atoms. The van der Waals surface area contributed by atoms with Gasteiger partial charge in [-0.1, -0.05) is 121 Å². The van der Waals surface area contributed by atoms with Crippen LogP contribution in [0.5, 0.6) is 0 Å². The summed E-state index contributed by atoms with van der Waals surface area (Å²) >= 11 is 0. The van der Waals surface area contributed by atoms with Gasteiger partial charge in [-0.05, 0) is 0 Å². The van der Waals surface area contributed by atoms with E-state index in [0.717, 1.165) is 0 Å². The first kappa shape index (κ1) is 26.6. The Morgan fingerprint density at radius 1 is 0.325 bits per heavy atom. The predicted octanol–water partition coefficient (Wildman–Crippen LogP) is 3.48. The molecule has 0 saturated carbocycles. The van der Waals surface area contributed by atoms with E-state index in [4.69, 9.17) is 25.7 Å². The maximum Gasteiger partial charge on any atom is 0.177 e. The fourth-order valence-corrected chi connectivity index (χ4v) is 5.66. The standard InChI is InChI=1S/2C18H12O2/c2*1-3-17(19)13-9-5-7-11-15(13)18(20,4-2)16-12-8-6-10-14(16)17/h2*1-2,5-12,19-20H. The van der Waals surface area contributed by atoms with Crippen molar-refractivity contribution in [2.24, 2.45) is 0 Å². The highest BCUT2D eigenvalue weighted by molar-refractivity contribution is 5.64. The molecule has 0 radical (unpaired) electrons. The third-order valence-electron chi connectivity index (χ3n) is 7.66. The Bertz CT molecular complexity index is 1460. The molecule has 0 amide bonds. The van der Waals surface area contributed by atoms with E-state index in [-0.39, 0.29) is 0 Å². The van der Waals surface area contributed by atoms with E-state index in [0.29, 0.717) is 44.5 Å². The van der Waals surface area contributed by atoms with Crippen LogP contribution in [0.1, 0.15) is 44.5 Å². The summed E-state index contributed by atoms with van der Waals surface area (Å²) in [6.07, 6.45) is 22.3. The number of fused-ring (bicyclic) bond motifs is 4. The highest BCUT2D eigenvalue weighted by atomic mass is 16.3. The highest BCUT2D eigenvalue weighted by Gasteiger charge is 2.48. The van der Waals surface area contributed by atoms with Gasteiger partial charge in [0.15, 0.2) is 22.4 Å². The molecule has 0 bridgehead atoms. The lowest BCUT2D eigenvalue weighted by Gasteiger charge is -2.39. The molecule has 0 unspecified atom stereocenters. The molecule has 40 heavy (non-hydrogen) atoms. The zero-order chi connectivity index (χ0) is 28.8. The van der Waals surface area contributed by atoms with Crippen LogP contribution < -0.4 is 0 Å². The Balaban J connectivity index is 0.000000161. The summed E-state index contributed by atoms with van der Waals surface area (Å²) < 4.78 is 0. The smallest absolute Gasteiger partial charge is 0.177 e. The average molecular weight is 521 g/mol. The summed E-state index contributed by atoms with van der Waals surface area (Å²) in [7, 11) is 0. The van der Waals surface area contributed by atoms with Crippen LogP contribution in [-0.4, -0.2) is 20.4 Å². The van der Waals surface area contributed by atoms with Crippen molar-refractivity contribution in [3.05, 3.63) is 142 Å². The Labute approximate surface area is 233 Å². The fraction of sp³-hybridized carbons (Fsp3) is 0.111. The largest absolute Gasteiger partial charge is 0.369 e. The van der Waals surface area contributed by atoms with Crippen molar-refractivity contribution in [2.45, 2.75) is 22.4 Å². The van der Waals surface area contributed by atoms with Crippen molar-refractivity contribution in [3.63, 3.8) is 0 Å². The highest BCUT2D eigenvalue weighted by Crippen LogP contribution is 2.48. The van der Waals surface area contributed by atoms with Gasteiger partial charge in [-0.25, -0.2) is 0 Å². The van der Waals surface area contributed by atoms with Gasteiger partial charge in [-0.2, -0.15) is 0 Å². The van der Waals surface area contributed by atoms with Crippen LogP contribution in [0, 0.1) is 49.4 Å². The van der Waals surface area contributed by atoms with E-state index in [1.165, 1.54) is 0 Å². The SMILES string of the molecule is C#CC1(O)c2ccccc2C(O)(C#C)c2ccccc21.C#CC1(O)c2ccccc2C(O)(C#C)c2ccccc21. The van der Waals surface area contributed by atoms with Gasteiger partial charge in [0.2, 0.25) is 0 Å². The van der Waals surface area contributed by atoms with Crippen LogP contribution in [0.25, 0.3) is 0 Å². The molecule has 192 valence electrons. The van der Waals surface area contributed by atoms with Crippen LogP contribution in [0.15, 0.2) is 97.1 Å². The molecule has 4 N–H and O–H groups in total. The van der Waals surface area contributed by atoms with Crippen LogP contribution in [0.3, 0.4) is 0 Å². The molecular formula is C36H24O4. The summed E-state index contributed by atoms with van der Waals surface area (Å²) in [5.74, 6) is 9.72. The fourth-order valence-electron chi connectivity index (χ4n) is 5.66. The van der Waals surface area contributed by atoms with Crippen LogP contribution in [-0.2, 0) is 22.4 Å². The van der Waals surface area contributed by atoms with Gasteiger partial charge >= 0.3 is 0 Å². The number of rotatable bonds is 0. The second-order valence-corrected chi connectivity index (χ2v) is 9.60. The Morgan fingerprint density at radius 3 is 0.550 bits per heavy atom. The maximum absolute atomic E-state index is 10.9. The molecule has 0 fully saturated rings. The minimum Gasteiger partial charge on any atom is -0.369 e. The van der Waals surface area contributed by atoms with Crippen molar-refractivity contribution in [1.29, 1.82) is 0 Å². The van der Waals surface area contributed by atoms with E-state index in [1.54, 1.807) is 97.1 Å². The lowest BCUT2D eigenvalue weighted by Crippen LogP contribution is -2.41. The Hall–Kier alpha value is -5.04. The normalized spacial score (nSPS) is 26.8. The lowest BCUT2D eigenvalue weighted by molar-refractivity contribution is 0.0946. The van der Waals surface area contributed by atoms with E-state index in [1.807, 2.05) is 0 Å². The number of hydrogen-bond donors (Lipinski definition) is 4. The summed E-state index contributed by atoms with van der Waals surface area (Å²) in [4.78, 5) is 0. The first-order valence-electron chi connectivity index (χ1n) is 12.4. The van der Waals surface area contributed by atoms with Gasteiger partial charge in [-0.15, -0.1) is 25.7 Å². The Kier molecular flexibility index (Phi) is 6.18. The van der Waals surface area contributed by atoms with Gasteiger partial charge in [-0.3, -0.25) is 0 Å². The number of benzene rings is 4. The van der Waals surface area contributed by atoms with Crippen LogP contribution >= 0.6 is 0 Å².